The van der Waals surface area contributed by atoms with Crippen molar-refractivity contribution < 1.29 is 8.78 Å². The van der Waals surface area contributed by atoms with Crippen LogP contribution in [0.4, 0.5) is 8.78 Å². The molecule has 1 rings (SSSR count). The molecular formula is C14H14F2. The van der Waals surface area contributed by atoms with E-state index >= 15 is 0 Å². The summed E-state index contributed by atoms with van der Waals surface area (Å²) in [5.74, 6) is -1.14. The molecule has 0 aliphatic carbocycles. The summed E-state index contributed by atoms with van der Waals surface area (Å²) in [7, 11) is 0. The molecule has 0 aliphatic rings. The van der Waals surface area contributed by atoms with Crippen molar-refractivity contribution in [1.82, 2.24) is 0 Å². The summed E-state index contributed by atoms with van der Waals surface area (Å²) in [6.07, 6.45) is 1.73. The van der Waals surface area contributed by atoms with Gasteiger partial charge in [-0.3, -0.25) is 0 Å². The Balaban J connectivity index is 3.10. The Morgan fingerprint density at radius 1 is 1.19 bits per heavy atom. The zero-order valence-corrected chi connectivity index (χ0v) is 9.48. The van der Waals surface area contributed by atoms with Crippen molar-refractivity contribution in [2.45, 2.75) is 13.8 Å². The topological polar surface area (TPSA) is 0 Å². The molecule has 1 aromatic rings. The van der Waals surface area contributed by atoms with E-state index in [-0.39, 0.29) is 0 Å². The highest BCUT2D eigenvalue weighted by Crippen LogP contribution is 2.21. The molecule has 0 nitrogen and oxygen atoms in total. The highest BCUT2D eigenvalue weighted by atomic mass is 19.1. The van der Waals surface area contributed by atoms with Crippen LogP contribution < -0.4 is 0 Å². The molecule has 1 aromatic carbocycles. The van der Waals surface area contributed by atoms with Gasteiger partial charge in [-0.25, -0.2) is 8.78 Å². The Morgan fingerprint density at radius 3 is 2.31 bits per heavy atom. The Morgan fingerprint density at radius 2 is 1.81 bits per heavy atom. The number of hydrogen-bond donors (Lipinski definition) is 0. The normalized spacial score (nSPS) is 11.4. The summed E-state index contributed by atoms with van der Waals surface area (Å²) < 4.78 is 26.1. The van der Waals surface area contributed by atoms with E-state index in [1.807, 2.05) is 6.92 Å². The molecule has 0 N–H and O–H groups in total. The minimum absolute atomic E-state index is 0.379. The zero-order chi connectivity index (χ0) is 12.3. The van der Waals surface area contributed by atoms with Gasteiger partial charge in [0.25, 0.3) is 0 Å². The smallest absolute Gasteiger partial charge is 0.133 e. The molecule has 84 valence electrons. The van der Waals surface area contributed by atoms with Gasteiger partial charge in [0.1, 0.15) is 11.6 Å². The maximum Gasteiger partial charge on any atom is 0.133 e. The highest BCUT2D eigenvalue weighted by Gasteiger charge is 2.05. The molecule has 0 aromatic heterocycles. The fourth-order valence-corrected chi connectivity index (χ4v) is 1.27. The highest BCUT2D eigenvalue weighted by molar-refractivity contribution is 5.68. The lowest BCUT2D eigenvalue weighted by Gasteiger charge is -2.05. The predicted octanol–water partition coefficient (Wildman–Crippen LogP) is 4.50. The van der Waals surface area contributed by atoms with Gasteiger partial charge in [0, 0.05) is 11.6 Å². The molecular weight excluding hydrogens is 206 g/mol. The van der Waals surface area contributed by atoms with Crippen LogP contribution >= 0.6 is 0 Å². The van der Waals surface area contributed by atoms with Gasteiger partial charge in [-0.15, -0.1) is 0 Å². The molecule has 0 saturated carbocycles. The molecule has 16 heavy (non-hydrogen) atoms. The molecule has 0 spiro atoms. The van der Waals surface area contributed by atoms with Gasteiger partial charge in [-0.1, -0.05) is 24.8 Å². The van der Waals surface area contributed by atoms with Crippen LogP contribution in [0.25, 0.3) is 5.57 Å². The van der Waals surface area contributed by atoms with Gasteiger partial charge in [-0.2, -0.15) is 0 Å². The number of hydrogen-bond acceptors (Lipinski definition) is 0. The summed E-state index contributed by atoms with van der Waals surface area (Å²) in [6, 6.07) is 3.53. The van der Waals surface area contributed by atoms with E-state index in [0.717, 1.165) is 17.2 Å². The van der Waals surface area contributed by atoms with Crippen molar-refractivity contribution in [3.63, 3.8) is 0 Å². The lowest BCUT2D eigenvalue weighted by molar-refractivity contribution is 0.581. The maximum absolute atomic E-state index is 13.4. The first-order valence-corrected chi connectivity index (χ1v) is 4.90. The standard InChI is InChI=1S/C14H14F2/c1-9(2)10(3)7-11(4)13-6-5-12(15)8-14(13)16/h5-8H,1,3H2,2,4H3/b11-7+. The largest absolute Gasteiger partial charge is 0.207 e. The van der Waals surface area contributed by atoms with Crippen molar-refractivity contribution in [2.75, 3.05) is 0 Å². The first-order chi connectivity index (χ1) is 7.41. The molecule has 0 bridgehead atoms. The van der Waals surface area contributed by atoms with Gasteiger partial charge < -0.3 is 0 Å². The average molecular weight is 220 g/mol. The van der Waals surface area contributed by atoms with Gasteiger partial charge in [-0.05, 0) is 37.1 Å². The van der Waals surface area contributed by atoms with E-state index in [0.29, 0.717) is 11.1 Å². The molecule has 0 heterocycles. The summed E-state index contributed by atoms with van der Waals surface area (Å²) in [6.45, 7) is 11.1. The monoisotopic (exact) mass is 220 g/mol. The molecule has 0 amide bonds. The van der Waals surface area contributed by atoms with Gasteiger partial charge >= 0.3 is 0 Å². The zero-order valence-electron chi connectivity index (χ0n) is 9.48. The minimum Gasteiger partial charge on any atom is -0.207 e. The van der Waals surface area contributed by atoms with E-state index in [9.17, 15) is 8.78 Å². The molecule has 0 saturated heterocycles. The van der Waals surface area contributed by atoms with E-state index in [2.05, 4.69) is 13.2 Å². The van der Waals surface area contributed by atoms with Crippen LogP contribution in [0.3, 0.4) is 0 Å². The van der Waals surface area contributed by atoms with E-state index in [4.69, 9.17) is 0 Å². The summed E-state index contributed by atoms with van der Waals surface area (Å²) in [5, 5.41) is 0. The van der Waals surface area contributed by atoms with Crippen LogP contribution in [0, 0.1) is 11.6 Å². The fourth-order valence-electron chi connectivity index (χ4n) is 1.27. The van der Waals surface area contributed by atoms with Crippen molar-refractivity contribution in [1.29, 1.82) is 0 Å². The molecule has 2 heteroatoms. The predicted molar refractivity (Wildman–Crippen MR) is 64.0 cm³/mol. The number of halogens is 2. The van der Waals surface area contributed by atoms with E-state index < -0.39 is 11.6 Å². The Kier molecular flexibility index (Phi) is 3.78. The summed E-state index contributed by atoms with van der Waals surface area (Å²) in [4.78, 5) is 0. The van der Waals surface area contributed by atoms with Crippen LogP contribution in [0.1, 0.15) is 19.4 Å². The first kappa shape index (κ1) is 12.4. The third kappa shape index (κ3) is 2.89. The molecule has 0 radical (unpaired) electrons. The lowest BCUT2D eigenvalue weighted by atomic mass is 10.0. The number of allylic oxidation sites excluding steroid dienone is 4. The van der Waals surface area contributed by atoms with Crippen LogP contribution in [-0.4, -0.2) is 0 Å². The van der Waals surface area contributed by atoms with Crippen molar-refractivity contribution in [3.05, 3.63) is 65.8 Å². The first-order valence-electron chi connectivity index (χ1n) is 4.90. The molecule has 0 unspecified atom stereocenters. The number of rotatable bonds is 3. The van der Waals surface area contributed by atoms with Gasteiger partial charge in [0.15, 0.2) is 0 Å². The molecule has 0 fully saturated rings. The van der Waals surface area contributed by atoms with Crippen molar-refractivity contribution >= 4 is 5.57 Å². The second-order valence-electron chi connectivity index (χ2n) is 3.76. The Labute approximate surface area is 94.6 Å². The van der Waals surface area contributed by atoms with Gasteiger partial charge in [0.05, 0.1) is 0 Å². The van der Waals surface area contributed by atoms with E-state index in [1.54, 1.807) is 13.0 Å². The summed E-state index contributed by atoms with van der Waals surface area (Å²) in [5.41, 5.74) is 2.64. The van der Waals surface area contributed by atoms with Crippen LogP contribution in [0.2, 0.25) is 0 Å². The van der Waals surface area contributed by atoms with Crippen LogP contribution in [0.5, 0.6) is 0 Å². The lowest BCUT2D eigenvalue weighted by Crippen LogP contribution is -1.89. The molecule has 0 aliphatic heterocycles. The van der Waals surface area contributed by atoms with E-state index in [1.165, 1.54) is 12.1 Å². The summed E-state index contributed by atoms with van der Waals surface area (Å²) >= 11 is 0. The maximum atomic E-state index is 13.4. The van der Waals surface area contributed by atoms with Crippen LogP contribution in [0.15, 0.2) is 48.6 Å². The van der Waals surface area contributed by atoms with Crippen LogP contribution in [-0.2, 0) is 0 Å². The third-order valence-electron chi connectivity index (χ3n) is 2.29. The Bertz CT molecular complexity index is 468. The average Bonchev–Trinajstić information content (AvgIpc) is 2.16. The van der Waals surface area contributed by atoms with Gasteiger partial charge in [0.2, 0.25) is 0 Å². The second-order valence-corrected chi connectivity index (χ2v) is 3.76. The minimum atomic E-state index is -0.576. The van der Waals surface area contributed by atoms with Crippen molar-refractivity contribution in [3.8, 4) is 0 Å². The second kappa shape index (κ2) is 4.88. The number of benzene rings is 1. The Hall–Kier alpha value is -1.70. The quantitative estimate of drug-likeness (QED) is 0.658. The third-order valence-corrected chi connectivity index (χ3v) is 2.29. The molecule has 0 atom stereocenters. The fraction of sp³-hybridized carbons (Fsp3) is 0.143. The SMILES string of the molecule is C=C(C)C(=C)/C=C(\C)c1ccc(F)cc1F. The van der Waals surface area contributed by atoms with Crippen molar-refractivity contribution in [2.24, 2.45) is 0 Å².